The summed E-state index contributed by atoms with van der Waals surface area (Å²) in [5.74, 6) is 1.27. The standard InChI is InChI=1S/C22H27N3O2S/c1-14(2)11-23-22(28)25(13-19-6-5-7-27-19)12-18-10-17-9-15(3)8-16(4)20(17)24-21(18)26/h5-10,14H,11-13H2,1-4H3,(H,23,28)(H,24,26). The number of nitrogens with zero attached hydrogens (tertiary/aromatic N) is 1. The minimum atomic E-state index is -0.0874. The highest BCUT2D eigenvalue weighted by molar-refractivity contribution is 7.80. The molecule has 28 heavy (non-hydrogen) atoms. The molecule has 0 aliphatic rings. The van der Waals surface area contributed by atoms with E-state index in [1.807, 2.05) is 30.0 Å². The van der Waals surface area contributed by atoms with Crippen molar-refractivity contribution in [3.63, 3.8) is 0 Å². The minimum absolute atomic E-state index is 0.0874. The molecule has 0 atom stereocenters. The van der Waals surface area contributed by atoms with Crippen molar-refractivity contribution in [2.45, 2.75) is 40.8 Å². The van der Waals surface area contributed by atoms with Crippen molar-refractivity contribution in [3.05, 3.63) is 69.4 Å². The lowest BCUT2D eigenvalue weighted by atomic mass is 10.1. The van der Waals surface area contributed by atoms with Gasteiger partial charge in [-0.1, -0.05) is 25.5 Å². The monoisotopic (exact) mass is 397 g/mol. The summed E-state index contributed by atoms with van der Waals surface area (Å²) in [5.41, 5.74) is 3.72. The maximum atomic E-state index is 12.7. The third kappa shape index (κ3) is 4.81. The lowest BCUT2D eigenvalue weighted by Crippen LogP contribution is -2.41. The summed E-state index contributed by atoms with van der Waals surface area (Å²) in [4.78, 5) is 17.7. The summed E-state index contributed by atoms with van der Waals surface area (Å²) in [6, 6.07) is 9.90. The van der Waals surface area contributed by atoms with Crippen molar-refractivity contribution < 1.29 is 4.42 Å². The topological polar surface area (TPSA) is 61.3 Å². The lowest BCUT2D eigenvalue weighted by molar-refractivity contribution is 0.348. The molecule has 148 valence electrons. The molecule has 0 radical (unpaired) electrons. The van der Waals surface area contributed by atoms with Crippen molar-refractivity contribution >= 4 is 28.2 Å². The van der Waals surface area contributed by atoms with E-state index in [9.17, 15) is 4.79 Å². The van der Waals surface area contributed by atoms with Gasteiger partial charge >= 0.3 is 0 Å². The Balaban J connectivity index is 1.91. The van der Waals surface area contributed by atoms with E-state index in [1.165, 1.54) is 5.56 Å². The van der Waals surface area contributed by atoms with Gasteiger partial charge in [0.1, 0.15) is 5.76 Å². The van der Waals surface area contributed by atoms with Crippen LogP contribution in [-0.4, -0.2) is 21.5 Å². The molecule has 0 fully saturated rings. The van der Waals surface area contributed by atoms with Gasteiger partial charge in [0.05, 0.1) is 24.9 Å². The van der Waals surface area contributed by atoms with Crippen LogP contribution in [0.2, 0.25) is 0 Å². The molecule has 0 aliphatic carbocycles. The molecule has 0 bridgehead atoms. The summed E-state index contributed by atoms with van der Waals surface area (Å²) in [6.45, 7) is 10.0. The molecule has 0 saturated heterocycles. The van der Waals surface area contributed by atoms with Gasteiger partial charge in [-0.15, -0.1) is 0 Å². The fourth-order valence-electron chi connectivity index (χ4n) is 3.25. The van der Waals surface area contributed by atoms with E-state index in [4.69, 9.17) is 16.6 Å². The Bertz CT molecular complexity index is 1020. The maximum Gasteiger partial charge on any atom is 0.253 e. The van der Waals surface area contributed by atoms with E-state index >= 15 is 0 Å². The van der Waals surface area contributed by atoms with Gasteiger partial charge in [0, 0.05) is 12.1 Å². The minimum Gasteiger partial charge on any atom is -0.467 e. The quantitative estimate of drug-likeness (QED) is 0.608. The Labute approximate surface area is 170 Å². The number of hydrogen-bond acceptors (Lipinski definition) is 3. The lowest BCUT2D eigenvalue weighted by Gasteiger charge is -2.25. The molecule has 0 unspecified atom stereocenters. The van der Waals surface area contributed by atoms with Gasteiger partial charge < -0.3 is 19.6 Å². The first-order chi connectivity index (χ1) is 13.3. The Morgan fingerprint density at radius 2 is 2.04 bits per heavy atom. The normalized spacial score (nSPS) is 11.2. The van der Waals surface area contributed by atoms with Gasteiger partial charge in [-0.25, -0.2) is 0 Å². The molecular weight excluding hydrogens is 370 g/mol. The molecule has 0 saturated carbocycles. The number of aryl methyl sites for hydroxylation is 2. The van der Waals surface area contributed by atoms with Crippen LogP contribution >= 0.6 is 12.2 Å². The Morgan fingerprint density at radius 3 is 2.71 bits per heavy atom. The van der Waals surface area contributed by atoms with Crippen LogP contribution in [0.25, 0.3) is 10.9 Å². The molecule has 0 amide bonds. The summed E-state index contributed by atoms with van der Waals surface area (Å²) in [7, 11) is 0. The summed E-state index contributed by atoms with van der Waals surface area (Å²) in [5, 5.41) is 4.94. The third-order valence-corrected chi connectivity index (χ3v) is 5.01. The van der Waals surface area contributed by atoms with Crippen LogP contribution in [0, 0.1) is 19.8 Å². The zero-order chi connectivity index (χ0) is 20.3. The highest BCUT2D eigenvalue weighted by Crippen LogP contribution is 2.19. The van der Waals surface area contributed by atoms with Crippen LogP contribution in [-0.2, 0) is 13.1 Å². The van der Waals surface area contributed by atoms with Crippen LogP contribution < -0.4 is 10.9 Å². The van der Waals surface area contributed by atoms with Crippen LogP contribution in [0.15, 0.2) is 45.8 Å². The van der Waals surface area contributed by atoms with Gasteiger partial charge in [-0.05, 0) is 67.2 Å². The Kier molecular flexibility index (Phi) is 6.19. The van der Waals surface area contributed by atoms with Gasteiger partial charge in [0.2, 0.25) is 0 Å². The van der Waals surface area contributed by atoms with E-state index in [-0.39, 0.29) is 5.56 Å². The SMILES string of the molecule is Cc1cc(C)c2[nH]c(=O)c(CN(Cc3ccco3)C(=S)NCC(C)C)cc2c1. The maximum absolute atomic E-state index is 12.7. The van der Waals surface area contributed by atoms with Crippen LogP contribution in [0.4, 0.5) is 0 Å². The van der Waals surface area contributed by atoms with Gasteiger partial charge in [-0.3, -0.25) is 4.79 Å². The number of nitrogens with one attached hydrogen (secondary N) is 2. The first-order valence-electron chi connectivity index (χ1n) is 9.52. The molecular formula is C22H27N3O2S. The van der Waals surface area contributed by atoms with Crippen molar-refractivity contribution in [1.82, 2.24) is 15.2 Å². The highest BCUT2D eigenvalue weighted by atomic mass is 32.1. The smallest absolute Gasteiger partial charge is 0.253 e. The number of hydrogen-bond donors (Lipinski definition) is 2. The van der Waals surface area contributed by atoms with E-state index in [0.717, 1.165) is 28.8 Å². The number of thiocarbonyl (C=S) groups is 1. The first-order valence-corrected chi connectivity index (χ1v) is 9.92. The van der Waals surface area contributed by atoms with Crippen molar-refractivity contribution in [1.29, 1.82) is 0 Å². The number of rotatable bonds is 6. The van der Waals surface area contributed by atoms with Crippen LogP contribution in [0.5, 0.6) is 0 Å². The zero-order valence-corrected chi connectivity index (χ0v) is 17.7. The molecule has 0 spiro atoms. The van der Waals surface area contributed by atoms with Crippen molar-refractivity contribution in [2.75, 3.05) is 6.54 Å². The average Bonchev–Trinajstić information content (AvgIpc) is 3.13. The highest BCUT2D eigenvalue weighted by Gasteiger charge is 2.16. The summed E-state index contributed by atoms with van der Waals surface area (Å²) in [6.07, 6.45) is 1.65. The summed E-state index contributed by atoms with van der Waals surface area (Å²) < 4.78 is 5.49. The second-order valence-corrected chi connectivity index (χ2v) is 8.07. The van der Waals surface area contributed by atoms with Gasteiger partial charge in [-0.2, -0.15) is 0 Å². The van der Waals surface area contributed by atoms with Crippen LogP contribution in [0.3, 0.4) is 0 Å². The number of H-pyrrole nitrogens is 1. The Hall–Kier alpha value is -2.60. The second kappa shape index (κ2) is 8.61. The number of benzene rings is 1. The molecule has 5 nitrogen and oxygen atoms in total. The third-order valence-electron chi connectivity index (χ3n) is 4.61. The number of aromatic nitrogens is 1. The van der Waals surface area contributed by atoms with Gasteiger partial charge in [0.15, 0.2) is 5.11 Å². The van der Waals surface area contributed by atoms with Gasteiger partial charge in [0.25, 0.3) is 5.56 Å². The van der Waals surface area contributed by atoms with E-state index in [2.05, 4.69) is 43.2 Å². The number of aromatic amines is 1. The predicted octanol–water partition coefficient (Wildman–Crippen LogP) is 4.27. The zero-order valence-electron chi connectivity index (χ0n) is 16.8. The second-order valence-electron chi connectivity index (χ2n) is 7.69. The van der Waals surface area contributed by atoms with E-state index in [1.54, 1.807) is 6.26 Å². The molecule has 2 heterocycles. The fourth-order valence-corrected chi connectivity index (χ4v) is 3.46. The Morgan fingerprint density at radius 1 is 1.25 bits per heavy atom. The number of pyridine rings is 1. The van der Waals surface area contributed by atoms with E-state index < -0.39 is 0 Å². The molecule has 3 aromatic rings. The molecule has 1 aromatic carbocycles. The largest absolute Gasteiger partial charge is 0.467 e. The molecule has 2 N–H and O–H groups in total. The molecule has 3 rings (SSSR count). The molecule has 2 aromatic heterocycles. The predicted molar refractivity (Wildman–Crippen MR) is 117 cm³/mol. The first kappa shape index (κ1) is 20.1. The molecule has 6 heteroatoms. The number of fused-ring (bicyclic) bond motifs is 1. The fraction of sp³-hybridized carbons (Fsp3) is 0.364. The summed E-state index contributed by atoms with van der Waals surface area (Å²) >= 11 is 5.61. The van der Waals surface area contributed by atoms with E-state index in [0.29, 0.717) is 29.7 Å². The van der Waals surface area contributed by atoms with Crippen molar-refractivity contribution in [2.24, 2.45) is 5.92 Å². The average molecular weight is 398 g/mol. The number of furan rings is 1. The van der Waals surface area contributed by atoms with Crippen molar-refractivity contribution in [3.8, 4) is 0 Å². The molecule has 0 aliphatic heterocycles. The van der Waals surface area contributed by atoms with Crippen LogP contribution in [0.1, 0.15) is 36.3 Å².